The maximum absolute atomic E-state index is 9.04. The molecule has 1 aliphatic heterocycles. The van der Waals surface area contributed by atoms with Gasteiger partial charge in [0.05, 0.1) is 13.7 Å². The first-order chi connectivity index (χ1) is 12.2. The summed E-state index contributed by atoms with van der Waals surface area (Å²) in [7, 11) is 1.64. The summed E-state index contributed by atoms with van der Waals surface area (Å²) in [6, 6.07) is 7.57. The highest BCUT2D eigenvalue weighted by molar-refractivity contribution is 5.78. The van der Waals surface area contributed by atoms with Crippen LogP contribution in [-0.2, 0) is 0 Å². The lowest BCUT2D eigenvalue weighted by molar-refractivity contribution is 0.188. The molecule has 4 N–H and O–H groups in total. The van der Waals surface area contributed by atoms with E-state index in [-0.39, 0.29) is 6.61 Å². The summed E-state index contributed by atoms with van der Waals surface area (Å²) in [5.41, 5.74) is 7.72. The predicted octanol–water partition coefficient (Wildman–Crippen LogP) is 0.925. The second kappa shape index (κ2) is 8.00. The van der Waals surface area contributed by atoms with E-state index in [1.807, 2.05) is 24.3 Å². The van der Waals surface area contributed by atoms with Crippen molar-refractivity contribution >= 4 is 23.0 Å². The van der Waals surface area contributed by atoms with E-state index in [9.17, 15) is 0 Å². The Bertz CT molecular complexity index is 686. The summed E-state index contributed by atoms with van der Waals surface area (Å²) in [5, 5.41) is 12.3. The average Bonchev–Trinajstić information content (AvgIpc) is 2.65. The molecule has 1 aromatic carbocycles. The Labute approximate surface area is 147 Å². The first-order valence-electron chi connectivity index (χ1n) is 8.31. The topological polar surface area (TPSA) is 99.8 Å². The highest BCUT2D eigenvalue weighted by Crippen LogP contribution is 2.29. The lowest BCUT2D eigenvalue weighted by Crippen LogP contribution is -2.47. The number of methoxy groups -OCH3 is 1. The van der Waals surface area contributed by atoms with Gasteiger partial charge in [-0.2, -0.15) is 0 Å². The lowest BCUT2D eigenvalue weighted by atomic mass is 10.2. The van der Waals surface area contributed by atoms with Crippen LogP contribution in [0, 0.1) is 0 Å². The minimum absolute atomic E-state index is 0.186. The molecule has 0 saturated carbocycles. The number of hydrogen-bond donors (Lipinski definition) is 3. The zero-order chi connectivity index (χ0) is 17.6. The Morgan fingerprint density at radius 2 is 1.88 bits per heavy atom. The number of benzene rings is 1. The Morgan fingerprint density at radius 3 is 2.52 bits per heavy atom. The summed E-state index contributed by atoms with van der Waals surface area (Å²) in [4.78, 5) is 13.0. The van der Waals surface area contributed by atoms with Gasteiger partial charge in [0.2, 0.25) is 0 Å². The molecule has 0 aliphatic carbocycles. The molecule has 0 unspecified atom stereocenters. The van der Waals surface area contributed by atoms with Crippen LogP contribution >= 0.6 is 0 Å². The minimum atomic E-state index is 0.186. The molecule has 3 rings (SSSR count). The van der Waals surface area contributed by atoms with Gasteiger partial charge < -0.3 is 25.8 Å². The SMILES string of the molecule is COc1ccc(Nc2ncnc(N3CCN(CCO)CC3)c2N)cc1. The summed E-state index contributed by atoms with van der Waals surface area (Å²) < 4.78 is 5.16. The van der Waals surface area contributed by atoms with Gasteiger partial charge in [0, 0.05) is 38.4 Å². The van der Waals surface area contributed by atoms with Crippen molar-refractivity contribution in [2.24, 2.45) is 0 Å². The quantitative estimate of drug-likeness (QED) is 0.711. The van der Waals surface area contributed by atoms with Crippen LogP contribution < -0.4 is 20.7 Å². The number of β-amino-alcohol motifs (C(OH)–C–C–N with tert-alkyl or cyclic N) is 1. The molecule has 0 atom stereocenters. The number of ether oxygens (including phenoxy) is 1. The molecule has 0 bridgehead atoms. The van der Waals surface area contributed by atoms with E-state index in [0.717, 1.165) is 43.4 Å². The van der Waals surface area contributed by atoms with Gasteiger partial charge in [0.15, 0.2) is 11.6 Å². The molecule has 1 aliphatic rings. The number of rotatable bonds is 6. The van der Waals surface area contributed by atoms with Gasteiger partial charge >= 0.3 is 0 Å². The van der Waals surface area contributed by atoms with Crippen LogP contribution in [-0.4, -0.2) is 66.4 Å². The highest BCUT2D eigenvalue weighted by Gasteiger charge is 2.21. The fourth-order valence-electron chi connectivity index (χ4n) is 2.87. The van der Waals surface area contributed by atoms with Crippen molar-refractivity contribution in [2.45, 2.75) is 0 Å². The summed E-state index contributed by atoms with van der Waals surface area (Å²) >= 11 is 0. The Hall–Kier alpha value is -2.58. The van der Waals surface area contributed by atoms with Crippen LogP contribution in [0.25, 0.3) is 0 Å². The molecule has 2 heterocycles. The van der Waals surface area contributed by atoms with Crippen LogP contribution in [0.4, 0.5) is 23.0 Å². The normalized spacial score (nSPS) is 15.2. The number of aliphatic hydroxyl groups is 1. The molecule has 0 spiro atoms. The van der Waals surface area contributed by atoms with Crippen molar-refractivity contribution in [2.75, 3.05) is 62.4 Å². The number of hydrogen-bond acceptors (Lipinski definition) is 8. The molecule has 1 aromatic heterocycles. The van der Waals surface area contributed by atoms with Crippen LogP contribution in [0.5, 0.6) is 5.75 Å². The maximum atomic E-state index is 9.04. The van der Waals surface area contributed by atoms with Gasteiger partial charge in [-0.15, -0.1) is 0 Å². The van der Waals surface area contributed by atoms with E-state index in [1.165, 1.54) is 6.33 Å². The van der Waals surface area contributed by atoms with E-state index >= 15 is 0 Å². The van der Waals surface area contributed by atoms with Crippen LogP contribution in [0.3, 0.4) is 0 Å². The van der Waals surface area contributed by atoms with Gasteiger partial charge in [0.25, 0.3) is 0 Å². The second-order valence-corrected chi connectivity index (χ2v) is 5.87. The van der Waals surface area contributed by atoms with Gasteiger partial charge in [-0.1, -0.05) is 0 Å². The molecule has 1 fully saturated rings. The summed E-state index contributed by atoms with van der Waals surface area (Å²) in [6.45, 7) is 4.30. The third-order valence-electron chi connectivity index (χ3n) is 4.30. The zero-order valence-corrected chi connectivity index (χ0v) is 14.4. The Balaban J connectivity index is 1.71. The van der Waals surface area contributed by atoms with Crippen molar-refractivity contribution in [3.63, 3.8) is 0 Å². The number of nitrogens with one attached hydrogen (secondary N) is 1. The summed E-state index contributed by atoms with van der Waals surface area (Å²) in [5.74, 6) is 2.13. The van der Waals surface area contributed by atoms with Crippen molar-refractivity contribution in [3.8, 4) is 5.75 Å². The Kier molecular flexibility index (Phi) is 5.52. The van der Waals surface area contributed by atoms with Gasteiger partial charge in [0.1, 0.15) is 17.8 Å². The standard InChI is InChI=1S/C17H24N6O2/c1-25-14-4-2-13(3-5-14)21-16-15(18)17(20-12-19-16)23-8-6-22(7-9-23)10-11-24/h2-5,12,24H,6-11,18H2,1H3,(H,19,20,21). The van der Waals surface area contributed by atoms with Gasteiger partial charge in [-0.25, -0.2) is 9.97 Å². The number of nitrogens with two attached hydrogens (primary N) is 1. The Morgan fingerprint density at radius 1 is 1.16 bits per heavy atom. The van der Waals surface area contributed by atoms with E-state index in [4.69, 9.17) is 15.6 Å². The fraction of sp³-hybridized carbons (Fsp3) is 0.412. The summed E-state index contributed by atoms with van der Waals surface area (Å²) in [6.07, 6.45) is 1.53. The van der Waals surface area contributed by atoms with Gasteiger partial charge in [-0.3, -0.25) is 4.90 Å². The van der Waals surface area contributed by atoms with Crippen LogP contribution in [0.1, 0.15) is 0 Å². The first kappa shape index (κ1) is 17.2. The van der Waals surface area contributed by atoms with Crippen molar-refractivity contribution in [1.82, 2.24) is 14.9 Å². The van der Waals surface area contributed by atoms with Crippen molar-refractivity contribution in [1.29, 1.82) is 0 Å². The predicted molar refractivity (Wildman–Crippen MR) is 98.5 cm³/mol. The van der Waals surface area contributed by atoms with Crippen molar-refractivity contribution < 1.29 is 9.84 Å². The van der Waals surface area contributed by atoms with E-state index in [1.54, 1.807) is 7.11 Å². The molecule has 134 valence electrons. The maximum Gasteiger partial charge on any atom is 0.159 e. The molecule has 2 aromatic rings. The number of aliphatic hydroxyl groups excluding tert-OH is 1. The van der Waals surface area contributed by atoms with E-state index in [2.05, 4.69) is 25.1 Å². The molecular weight excluding hydrogens is 320 g/mol. The largest absolute Gasteiger partial charge is 0.497 e. The number of piperazine rings is 1. The lowest BCUT2D eigenvalue weighted by Gasteiger charge is -2.35. The number of anilines is 4. The van der Waals surface area contributed by atoms with Gasteiger partial charge in [-0.05, 0) is 24.3 Å². The number of nitrogen functional groups attached to an aromatic ring is 1. The average molecular weight is 344 g/mol. The second-order valence-electron chi connectivity index (χ2n) is 5.87. The smallest absolute Gasteiger partial charge is 0.159 e. The highest BCUT2D eigenvalue weighted by atomic mass is 16.5. The number of nitrogens with zero attached hydrogens (tertiary/aromatic N) is 4. The third-order valence-corrected chi connectivity index (χ3v) is 4.30. The first-order valence-corrected chi connectivity index (χ1v) is 8.31. The molecule has 25 heavy (non-hydrogen) atoms. The molecule has 8 nitrogen and oxygen atoms in total. The number of aromatic nitrogens is 2. The minimum Gasteiger partial charge on any atom is -0.497 e. The fourth-order valence-corrected chi connectivity index (χ4v) is 2.87. The molecule has 0 amide bonds. The monoisotopic (exact) mass is 344 g/mol. The van der Waals surface area contributed by atoms with E-state index < -0.39 is 0 Å². The van der Waals surface area contributed by atoms with E-state index in [0.29, 0.717) is 18.1 Å². The molecule has 1 saturated heterocycles. The van der Waals surface area contributed by atoms with Crippen LogP contribution in [0.2, 0.25) is 0 Å². The molecule has 8 heteroatoms. The zero-order valence-electron chi connectivity index (χ0n) is 14.4. The van der Waals surface area contributed by atoms with Crippen molar-refractivity contribution in [3.05, 3.63) is 30.6 Å². The molecular formula is C17H24N6O2. The van der Waals surface area contributed by atoms with Crippen LogP contribution in [0.15, 0.2) is 30.6 Å². The third kappa shape index (κ3) is 4.09. The molecule has 0 radical (unpaired) electrons.